The second-order valence-corrected chi connectivity index (χ2v) is 11.9. The molecule has 1 aromatic heterocycles. The monoisotopic (exact) mass is 664 g/mol. The standard InChI is InChI=1S/C37H32N2O8S/c1-5-46-36(43)31-21(2)38-37-39(33(31)32-26-12-7-6-10-24(26)14-16-28(32)44-3)34(40)30(48-37)19-22-13-15-27(29(18-22)45-4)47-20-23-9-8-11-25(17-23)35(41)42/h6-19,33H,5,20H2,1-4H3,(H,41,42)/b30-19-/t33-/m1/s1. The van der Waals surface area contributed by atoms with Crippen LogP contribution < -0.4 is 29.1 Å². The molecule has 244 valence electrons. The molecular weight excluding hydrogens is 632 g/mol. The number of fused-ring (bicyclic) bond motifs is 2. The number of carbonyl (C=O) groups is 2. The molecule has 48 heavy (non-hydrogen) atoms. The van der Waals surface area contributed by atoms with E-state index in [9.17, 15) is 19.5 Å². The van der Waals surface area contributed by atoms with Crippen molar-refractivity contribution in [2.45, 2.75) is 26.5 Å². The Balaban J connectivity index is 1.44. The van der Waals surface area contributed by atoms with Gasteiger partial charge >= 0.3 is 11.9 Å². The van der Waals surface area contributed by atoms with E-state index < -0.39 is 18.0 Å². The predicted octanol–water partition coefficient (Wildman–Crippen LogP) is 5.25. The van der Waals surface area contributed by atoms with E-state index in [1.165, 1.54) is 24.5 Å². The van der Waals surface area contributed by atoms with Crippen molar-refractivity contribution in [2.75, 3.05) is 20.8 Å². The van der Waals surface area contributed by atoms with E-state index in [1.807, 2.05) is 36.4 Å². The number of nitrogens with zero attached hydrogens (tertiary/aromatic N) is 2. The second-order valence-electron chi connectivity index (χ2n) is 10.9. The quantitative estimate of drug-likeness (QED) is 0.201. The zero-order chi connectivity index (χ0) is 33.9. The molecule has 0 saturated heterocycles. The van der Waals surface area contributed by atoms with Gasteiger partial charge in [-0.2, -0.15) is 0 Å². The summed E-state index contributed by atoms with van der Waals surface area (Å²) in [6, 6.07) is 22.5. The average Bonchev–Trinajstić information content (AvgIpc) is 3.40. The normalized spacial score (nSPS) is 14.3. The Hall–Kier alpha value is -5.68. The molecule has 1 aliphatic heterocycles. The summed E-state index contributed by atoms with van der Waals surface area (Å²) in [5.41, 5.74) is 2.60. The molecule has 0 bridgehead atoms. The van der Waals surface area contributed by atoms with Crippen LogP contribution in [0, 0.1) is 0 Å². The van der Waals surface area contributed by atoms with E-state index in [4.69, 9.17) is 23.9 Å². The number of aromatic carboxylic acids is 1. The Morgan fingerprint density at radius 2 is 1.73 bits per heavy atom. The fourth-order valence-corrected chi connectivity index (χ4v) is 6.85. The van der Waals surface area contributed by atoms with Crippen LogP contribution in [0.3, 0.4) is 0 Å². The number of rotatable bonds is 10. The summed E-state index contributed by atoms with van der Waals surface area (Å²) in [4.78, 5) is 44.3. The van der Waals surface area contributed by atoms with E-state index in [0.29, 0.717) is 49.0 Å². The van der Waals surface area contributed by atoms with Gasteiger partial charge in [0.25, 0.3) is 5.56 Å². The number of hydrogen-bond donors (Lipinski definition) is 1. The van der Waals surface area contributed by atoms with Crippen LogP contribution in [-0.2, 0) is 16.1 Å². The zero-order valence-electron chi connectivity index (χ0n) is 26.7. The summed E-state index contributed by atoms with van der Waals surface area (Å²) in [5.74, 6) is -0.152. The van der Waals surface area contributed by atoms with Gasteiger partial charge in [-0.25, -0.2) is 14.6 Å². The minimum atomic E-state index is -1.01. The number of carbonyl (C=O) groups excluding carboxylic acids is 1. The van der Waals surface area contributed by atoms with Crippen LogP contribution in [0.5, 0.6) is 17.2 Å². The molecule has 6 rings (SSSR count). The van der Waals surface area contributed by atoms with Crippen LogP contribution in [-0.4, -0.2) is 42.4 Å². The van der Waals surface area contributed by atoms with Crippen molar-refractivity contribution < 1.29 is 33.6 Å². The van der Waals surface area contributed by atoms with Gasteiger partial charge in [0.1, 0.15) is 18.4 Å². The van der Waals surface area contributed by atoms with Gasteiger partial charge in [-0.1, -0.05) is 59.9 Å². The Morgan fingerprint density at radius 3 is 2.48 bits per heavy atom. The van der Waals surface area contributed by atoms with E-state index in [2.05, 4.69) is 0 Å². The highest BCUT2D eigenvalue weighted by Gasteiger charge is 2.36. The number of carboxylic acids is 1. The maximum absolute atomic E-state index is 14.3. The smallest absolute Gasteiger partial charge is 0.338 e. The molecule has 2 heterocycles. The summed E-state index contributed by atoms with van der Waals surface area (Å²) < 4.78 is 24.8. The fourth-order valence-electron chi connectivity index (χ4n) is 5.80. The van der Waals surface area contributed by atoms with Crippen molar-refractivity contribution >= 4 is 40.1 Å². The third kappa shape index (κ3) is 6.07. The van der Waals surface area contributed by atoms with E-state index in [0.717, 1.165) is 10.8 Å². The van der Waals surface area contributed by atoms with Gasteiger partial charge < -0.3 is 24.1 Å². The molecule has 1 atom stereocenters. The van der Waals surface area contributed by atoms with Crippen LogP contribution in [0.4, 0.5) is 0 Å². The zero-order valence-corrected chi connectivity index (χ0v) is 27.5. The highest BCUT2D eigenvalue weighted by atomic mass is 32.1. The molecule has 0 saturated carbocycles. The topological polar surface area (TPSA) is 126 Å². The van der Waals surface area contributed by atoms with Gasteiger partial charge in [-0.15, -0.1) is 0 Å². The largest absolute Gasteiger partial charge is 0.496 e. The Bertz CT molecular complexity index is 2280. The summed E-state index contributed by atoms with van der Waals surface area (Å²) in [6.07, 6.45) is 1.74. The summed E-state index contributed by atoms with van der Waals surface area (Å²) >= 11 is 1.21. The van der Waals surface area contributed by atoms with Crippen molar-refractivity contribution in [3.05, 3.63) is 132 Å². The molecular formula is C37H32N2O8S. The molecule has 4 aromatic carbocycles. The van der Waals surface area contributed by atoms with Gasteiger partial charge in [-0.05, 0) is 72.2 Å². The van der Waals surface area contributed by atoms with Crippen molar-refractivity contribution in [3.63, 3.8) is 0 Å². The molecule has 0 amide bonds. The van der Waals surface area contributed by atoms with E-state index in [1.54, 1.807) is 68.0 Å². The van der Waals surface area contributed by atoms with Crippen molar-refractivity contribution in [3.8, 4) is 17.2 Å². The lowest BCUT2D eigenvalue weighted by molar-refractivity contribution is -0.139. The number of allylic oxidation sites excluding steroid dienone is 1. The predicted molar refractivity (Wildman–Crippen MR) is 182 cm³/mol. The highest BCUT2D eigenvalue weighted by Crippen LogP contribution is 2.40. The van der Waals surface area contributed by atoms with Crippen molar-refractivity contribution in [1.29, 1.82) is 0 Å². The first-order valence-electron chi connectivity index (χ1n) is 15.1. The number of methoxy groups -OCH3 is 2. The molecule has 0 radical (unpaired) electrons. The number of hydrogen-bond acceptors (Lipinski definition) is 9. The maximum Gasteiger partial charge on any atom is 0.338 e. The number of ether oxygens (including phenoxy) is 4. The lowest BCUT2D eigenvalue weighted by atomic mass is 9.90. The molecule has 1 N–H and O–H groups in total. The minimum absolute atomic E-state index is 0.134. The second kappa shape index (κ2) is 13.6. The molecule has 10 nitrogen and oxygen atoms in total. The maximum atomic E-state index is 14.3. The highest BCUT2D eigenvalue weighted by molar-refractivity contribution is 7.07. The molecule has 5 aromatic rings. The molecule has 0 fully saturated rings. The minimum Gasteiger partial charge on any atom is -0.496 e. The third-order valence-corrected chi connectivity index (χ3v) is 8.98. The SMILES string of the molecule is CCOC(=O)C1=C(C)N=c2s/c(=C\c3ccc(OCc4cccc(C(=O)O)c4)c(OC)c3)c(=O)n2[C@H]1c1c(OC)ccc2ccccc12. The Labute approximate surface area is 279 Å². The number of benzene rings is 4. The number of carboxylic acid groups (broad SMARTS) is 1. The molecule has 11 heteroatoms. The number of thiazole rings is 1. The van der Waals surface area contributed by atoms with E-state index in [-0.39, 0.29) is 29.9 Å². The van der Waals surface area contributed by atoms with Crippen LogP contribution >= 0.6 is 11.3 Å². The summed E-state index contributed by atoms with van der Waals surface area (Å²) in [7, 11) is 3.08. The van der Waals surface area contributed by atoms with Crippen LogP contribution in [0.1, 0.15) is 46.9 Å². The first kappa shape index (κ1) is 32.3. The molecule has 1 aliphatic rings. The first-order chi connectivity index (χ1) is 23.2. The van der Waals surface area contributed by atoms with Gasteiger partial charge in [0.2, 0.25) is 0 Å². The number of aromatic nitrogens is 1. The van der Waals surface area contributed by atoms with Gasteiger partial charge in [0, 0.05) is 5.56 Å². The average molecular weight is 665 g/mol. The van der Waals surface area contributed by atoms with Gasteiger partial charge in [0.15, 0.2) is 16.3 Å². The fraction of sp³-hybridized carbons (Fsp3) is 0.189. The van der Waals surface area contributed by atoms with Crippen molar-refractivity contribution in [1.82, 2.24) is 4.57 Å². The molecule has 0 unspecified atom stereocenters. The Kier molecular flexibility index (Phi) is 9.13. The lowest BCUT2D eigenvalue weighted by Gasteiger charge is -2.27. The lowest BCUT2D eigenvalue weighted by Crippen LogP contribution is -2.40. The molecule has 0 aliphatic carbocycles. The van der Waals surface area contributed by atoms with Gasteiger partial charge in [-0.3, -0.25) is 9.36 Å². The number of esters is 1. The van der Waals surface area contributed by atoms with Crippen molar-refractivity contribution in [2.24, 2.45) is 4.99 Å². The summed E-state index contributed by atoms with van der Waals surface area (Å²) in [6.45, 7) is 3.78. The molecule has 0 spiro atoms. The van der Waals surface area contributed by atoms with Crippen LogP contribution in [0.15, 0.2) is 99.9 Å². The van der Waals surface area contributed by atoms with Crippen LogP contribution in [0.2, 0.25) is 0 Å². The summed E-state index contributed by atoms with van der Waals surface area (Å²) in [5, 5.41) is 11.1. The van der Waals surface area contributed by atoms with Gasteiger partial charge in [0.05, 0.1) is 42.2 Å². The van der Waals surface area contributed by atoms with Crippen LogP contribution in [0.25, 0.3) is 16.8 Å². The van der Waals surface area contributed by atoms with E-state index >= 15 is 0 Å². The Morgan fingerprint density at radius 1 is 0.958 bits per heavy atom. The first-order valence-corrected chi connectivity index (χ1v) is 15.9. The third-order valence-electron chi connectivity index (χ3n) is 7.99.